The van der Waals surface area contributed by atoms with Gasteiger partial charge in [0.25, 0.3) is 0 Å². The minimum absolute atomic E-state index is 0.0529. The van der Waals surface area contributed by atoms with Gasteiger partial charge < -0.3 is 10.2 Å². The van der Waals surface area contributed by atoms with Gasteiger partial charge in [-0.25, -0.2) is 0 Å². The molecule has 82 valence electrons. The minimum atomic E-state index is -0.831. The molecule has 0 amide bonds. The van der Waals surface area contributed by atoms with Crippen LogP contribution in [0.25, 0.3) is 0 Å². The second-order valence-corrected chi connectivity index (χ2v) is 4.40. The van der Waals surface area contributed by atoms with Gasteiger partial charge in [0, 0.05) is 5.41 Å². The van der Waals surface area contributed by atoms with Gasteiger partial charge in [-0.1, -0.05) is 26.0 Å². The van der Waals surface area contributed by atoms with E-state index in [0.717, 1.165) is 11.1 Å². The van der Waals surface area contributed by atoms with E-state index in [0.29, 0.717) is 0 Å². The maximum absolute atomic E-state index is 10.7. The average Bonchev–Trinajstić information content (AvgIpc) is 2.07. The van der Waals surface area contributed by atoms with Crippen molar-refractivity contribution in [3.05, 3.63) is 29.3 Å². The molecule has 1 aromatic rings. The molecule has 3 heteroatoms. The van der Waals surface area contributed by atoms with Crippen molar-refractivity contribution in [1.82, 2.24) is 0 Å². The van der Waals surface area contributed by atoms with E-state index >= 15 is 0 Å². The highest BCUT2D eigenvalue weighted by molar-refractivity contribution is 5.69. The number of carbonyl (C=O) groups is 1. The molecule has 0 unspecified atom stereocenters. The van der Waals surface area contributed by atoms with Gasteiger partial charge in [-0.3, -0.25) is 4.79 Å². The fraction of sp³-hybridized carbons (Fsp3) is 0.417. The summed E-state index contributed by atoms with van der Waals surface area (Å²) in [6.45, 7) is 5.53. The number of phenolic OH excluding ortho intramolecular Hbond substituents is 1. The third-order valence-electron chi connectivity index (χ3n) is 2.63. The van der Waals surface area contributed by atoms with Crippen molar-refractivity contribution in [3.8, 4) is 5.75 Å². The lowest BCUT2D eigenvalue weighted by Crippen LogP contribution is -2.22. The van der Waals surface area contributed by atoms with Crippen LogP contribution in [0, 0.1) is 6.92 Å². The van der Waals surface area contributed by atoms with Gasteiger partial charge in [0.2, 0.25) is 0 Å². The number of aromatic hydroxyl groups is 1. The summed E-state index contributed by atoms with van der Waals surface area (Å²) in [5, 5.41) is 18.4. The molecule has 1 rings (SSSR count). The van der Waals surface area contributed by atoms with Crippen molar-refractivity contribution in [3.63, 3.8) is 0 Å². The van der Waals surface area contributed by atoms with Gasteiger partial charge in [0.15, 0.2) is 0 Å². The predicted molar refractivity (Wildman–Crippen MR) is 58.1 cm³/mol. The Morgan fingerprint density at radius 2 is 2.00 bits per heavy atom. The van der Waals surface area contributed by atoms with Crippen molar-refractivity contribution in [2.45, 2.75) is 32.6 Å². The number of rotatable bonds is 3. The first-order valence-corrected chi connectivity index (χ1v) is 4.85. The van der Waals surface area contributed by atoms with Crippen LogP contribution in [0.2, 0.25) is 0 Å². The van der Waals surface area contributed by atoms with Crippen LogP contribution in [0.4, 0.5) is 0 Å². The molecule has 0 spiro atoms. The molecule has 0 aliphatic rings. The van der Waals surface area contributed by atoms with E-state index < -0.39 is 11.4 Å². The van der Waals surface area contributed by atoms with Crippen LogP contribution in [0.15, 0.2) is 18.2 Å². The zero-order valence-corrected chi connectivity index (χ0v) is 9.24. The van der Waals surface area contributed by atoms with Gasteiger partial charge in [0.05, 0.1) is 6.42 Å². The summed E-state index contributed by atoms with van der Waals surface area (Å²) >= 11 is 0. The Morgan fingerprint density at radius 1 is 1.40 bits per heavy atom. The average molecular weight is 208 g/mol. The second kappa shape index (κ2) is 3.93. The molecule has 0 aliphatic carbocycles. The van der Waals surface area contributed by atoms with Gasteiger partial charge in [0.1, 0.15) is 5.75 Å². The Balaban J connectivity index is 3.14. The number of phenols is 1. The first-order chi connectivity index (χ1) is 6.84. The van der Waals surface area contributed by atoms with E-state index in [1.165, 1.54) is 0 Å². The fourth-order valence-electron chi connectivity index (χ4n) is 1.83. The standard InChI is InChI=1S/C12H16O3/c1-8-9(5-4-6-10(8)13)12(2,3)7-11(14)15/h4-6,13H,7H2,1-3H3,(H,14,15). The van der Waals surface area contributed by atoms with E-state index in [1.807, 2.05) is 19.9 Å². The number of carboxylic acid groups (broad SMARTS) is 1. The van der Waals surface area contributed by atoms with Crippen molar-refractivity contribution in [2.75, 3.05) is 0 Å². The van der Waals surface area contributed by atoms with Gasteiger partial charge >= 0.3 is 5.97 Å². The molecule has 0 heterocycles. The summed E-state index contributed by atoms with van der Waals surface area (Å²) in [4.78, 5) is 10.7. The lowest BCUT2D eigenvalue weighted by atomic mass is 9.79. The highest BCUT2D eigenvalue weighted by atomic mass is 16.4. The number of benzene rings is 1. The second-order valence-electron chi connectivity index (χ2n) is 4.40. The molecule has 0 fully saturated rings. The summed E-state index contributed by atoms with van der Waals surface area (Å²) in [7, 11) is 0. The van der Waals surface area contributed by atoms with Crippen molar-refractivity contribution < 1.29 is 15.0 Å². The Hall–Kier alpha value is -1.51. The van der Waals surface area contributed by atoms with Crippen LogP contribution in [0.5, 0.6) is 5.75 Å². The van der Waals surface area contributed by atoms with E-state index in [-0.39, 0.29) is 12.2 Å². The highest BCUT2D eigenvalue weighted by Gasteiger charge is 2.26. The molecule has 0 bridgehead atoms. The zero-order chi connectivity index (χ0) is 11.6. The molecule has 2 N–H and O–H groups in total. The molecule has 0 atom stereocenters. The number of hydrogen-bond donors (Lipinski definition) is 2. The SMILES string of the molecule is Cc1c(O)cccc1C(C)(C)CC(=O)O. The summed E-state index contributed by atoms with van der Waals surface area (Å²) in [6, 6.07) is 5.20. The first kappa shape index (κ1) is 11.6. The van der Waals surface area contributed by atoms with E-state index in [2.05, 4.69) is 0 Å². The molecule has 0 aromatic heterocycles. The van der Waals surface area contributed by atoms with Gasteiger partial charge in [-0.2, -0.15) is 0 Å². The molecule has 3 nitrogen and oxygen atoms in total. The molecular weight excluding hydrogens is 192 g/mol. The molecule has 0 aliphatic heterocycles. The van der Waals surface area contributed by atoms with Gasteiger partial charge in [-0.15, -0.1) is 0 Å². The zero-order valence-electron chi connectivity index (χ0n) is 9.24. The van der Waals surface area contributed by atoms with E-state index in [1.54, 1.807) is 19.1 Å². The van der Waals surface area contributed by atoms with Crippen LogP contribution < -0.4 is 0 Å². The van der Waals surface area contributed by atoms with Crippen molar-refractivity contribution in [2.24, 2.45) is 0 Å². The molecule has 15 heavy (non-hydrogen) atoms. The van der Waals surface area contributed by atoms with E-state index in [4.69, 9.17) is 5.11 Å². The van der Waals surface area contributed by atoms with Crippen LogP contribution in [-0.4, -0.2) is 16.2 Å². The lowest BCUT2D eigenvalue weighted by Gasteiger charge is -2.25. The number of hydrogen-bond acceptors (Lipinski definition) is 2. The lowest BCUT2D eigenvalue weighted by molar-refractivity contribution is -0.138. The number of aliphatic carboxylic acids is 1. The van der Waals surface area contributed by atoms with Crippen LogP contribution in [0.3, 0.4) is 0 Å². The van der Waals surface area contributed by atoms with Crippen LogP contribution in [0.1, 0.15) is 31.4 Å². The predicted octanol–water partition coefficient (Wildman–Crippen LogP) is 2.45. The Bertz CT molecular complexity index is 380. The quantitative estimate of drug-likeness (QED) is 0.802. The normalized spacial score (nSPS) is 11.4. The van der Waals surface area contributed by atoms with Gasteiger partial charge in [-0.05, 0) is 24.1 Å². The van der Waals surface area contributed by atoms with Crippen LogP contribution >= 0.6 is 0 Å². The van der Waals surface area contributed by atoms with E-state index in [9.17, 15) is 9.90 Å². The molecular formula is C12H16O3. The third-order valence-corrected chi connectivity index (χ3v) is 2.63. The highest BCUT2D eigenvalue weighted by Crippen LogP contribution is 2.33. The summed E-state index contributed by atoms with van der Waals surface area (Å²) in [5.41, 5.74) is 1.17. The minimum Gasteiger partial charge on any atom is -0.508 e. The molecule has 0 saturated heterocycles. The molecule has 0 saturated carbocycles. The number of carboxylic acids is 1. The molecule has 1 aromatic carbocycles. The summed E-state index contributed by atoms with van der Waals surface area (Å²) in [6.07, 6.45) is 0.0529. The largest absolute Gasteiger partial charge is 0.508 e. The fourth-order valence-corrected chi connectivity index (χ4v) is 1.83. The molecule has 0 radical (unpaired) electrons. The summed E-state index contributed by atoms with van der Waals surface area (Å²) in [5.74, 6) is -0.617. The van der Waals surface area contributed by atoms with Crippen molar-refractivity contribution in [1.29, 1.82) is 0 Å². The maximum atomic E-state index is 10.7. The Labute approximate surface area is 89.4 Å². The maximum Gasteiger partial charge on any atom is 0.304 e. The third kappa shape index (κ3) is 2.49. The smallest absolute Gasteiger partial charge is 0.304 e. The first-order valence-electron chi connectivity index (χ1n) is 4.85. The van der Waals surface area contributed by atoms with Crippen molar-refractivity contribution >= 4 is 5.97 Å². The topological polar surface area (TPSA) is 57.5 Å². The Kier molecular flexibility index (Phi) is 3.03. The summed E-state index contributed by atoms with van der Waals surface area (Å²) < 4.78 is 0. The van der Waals surface area contributed by atoms with Crippen LogP contribution in [-0.2, 0) is 10.2 Å². The Morgan fingerprint density at radius 3 is 2.53 bits per heavy atom. The monoisotopic (exact) mass is 208 g/mol.